The number of para-hydroxylation sites is 1. The molecule has 138 valence electrons. The van der Waals surface area contributed by atoms with E-state index >= 15 is 0 Å². The molecule has 1 atom stereocenters. The van der Waals surface area contributed by atoms with Gasteiger partial charge in [-0.1, -0.05) is 12.1 Å². The molecule has 1 aliphatic heterocycles. The predicted molar refractivity (Wildman–Crippen MR) is 107 cm³/mol. The molecular formula is C19H21N7S. The van der Waals surface area contributed by atoms with Crippen LogP contribution in [0, 0.1) is 6.92 Å². The van der Waals surface area contributed by atoms with Crippen LogP contribution in [0.5, 0.6) is 0 Å². The van der Waals surface area contributed by atoms with Gasteiger partial charge in [0.15, 0.2) is 0 Å². The van der Waals surface area contributed by atoms with E-state index in [0.717, 1.165) is 43.2 Å². The second-order valence-corrected chi connectivity index (χ2v) is 8.01. The average molecular weight is 379 g/mol. The van der Waals surface area contributed by atoms with Crippen molar-refractivity contribution in [3.8, 4) is 0 Å². The molecule has 8 heteroatoms. The summed E-state index contributed by atoms with van der Waals surface area (Å²) >= 11 is 1.80. The Kier molecular flexibility index (Phi) is 4.02. The smallest absolute Gasteiger partial charge is 0.254 e. The Morgan fingerprint density at radius 1 is 1.07 bits per heavy atom. The number of thiazole rings is 1. The molecule has 4 aromatic rings. The summed E-state index contributed by atoms with van der Waals surface area (Å²) in [6.07, 6.45) is 1.57. The number of fused-ring (bicyclic) bond motifs is 2. The summed E-state index contributed by atoms with van der Waals surface area (Å²) in [6.45, 7) is 8.16. The van der Waals surface area contributed by atoms with Gasteiger partial charge < -0.3 is 4.90 Å². The molecule has 0 radical (unpaired) electrons. The minimum Gasteiger partial charge on any atom is -0.354 e. The Bertz CT molecular complexity index is 1060. The lowest BCUT2D eigenvalue weighted by atomic mass is 10.2. The first-order valence-corrected chi connectivity index (χ1v) is 10.0. The first-order chi connectivity index (χ1) is 13.2. The second-order valence-electron chi connectivity index (χ2n) is 6.95. The van der Waals surface area contributed by atoms with Crippen molar-refractivity contribution >= 4 is 33.1 Å². The number of anilines is 1. The number of rotatable bonds is 3. The van der Waals surface area contributed by atoms with Gasteiger partial charge in [0.25, 0.3) is 5.78 Å². The van der Waals surface area contributed by atoms with Crippen molar-refractivity contribution in [2.75, 3.05) is 31.1 Å². The maximum atomic E-state index is 4.84. The quantitative estimate of drug-likeness (QED) is 0.545. The molecule has 0 saturated carbocycles. The van der Waals surface area contributed by atoms with Crippen LogP contribution in [0.1, 0.15) is 23.7 Å². The second kappa shape index (κ2) is 6.54. The van der Waals surface area contributed by atoms with Crippen LogP contribution in [0.15, 0.2) is 36.7 Å². The van der Waals surface area contributed by atoms with Crippen LogP contribution in [-0.2, 0) is 0 Å². The lowest BCUT2D eigenvalue weighted by Crippen LogP contribution is -2.47. The van der Waals surface area contributed by atoms with Crippen LogP contribution in [0.3, 0.4) is 0 Å². The lowest BCUT2D eigenvalue weighted by molar-refractivity contribution is 0.198. The summed E-state index contributed by atoms with van der Waals surface area (Å²) in [6, 6.07) is 10.8. The predicted octanol–water partition coefficient (Wildman–Crippen LogP) is 2.93. The van der Waals surface area contributed by atoms with Gasteiger partial charge >= 0.3 is 0 Å². The van der Waals surface area contributed by atoms with Crippen LogP contribution in [-0.4, -0.2) is 55.6 Å². The normalized spacial score (nSPS) is 17.0. The highest BCUT2D eigenvalue weighted by Crippen LogP contribution is 2.30. The summed E-state index contributed by atoms with van der Waals surface area (Å²) in [5.74, 6) is 1.73. The first kappa shape index (κ1) is 16.6. The number of hydrogen-bond donors (Lipinski definition) is 0. The Morgan fingerprint density at radius 2 is 1.89 bits per heavy atom. The van der Waals surface area contributed by atoms with E-state index in [2.05, 4.69) is 62.1 Å². The highest BCUT2D eigenvalue weighted by Gasteiger charge is 2.25. The van der Waals surface area contributed by atoms with Crippen molar-refractivity contribution in [1.29, 1.82) is 0 Å². The molecule has 1 aliphatic rings. The Morgan fingerprint density at radius 3 is 2.70 bits per heavy atom. The van der Waals surface area contributed by atoms with Gasteiger partial charge in [-0.2, -0.15) is 14.6 Å². The number of nitrogens with zero attached hydrogens (tertiary/aromatic N) is 7. The molecule has 0 amide bonds. The topological polar surface area (TPSA) is 62.5 Å². The first-order valence-electron chi connectivity index (χ1n) is 9.21. The molecule has 0 bridgehead atoms. The zero-order valence-corrected chi connectivity index (χ0v) is 16.2. The van der Waals surface area contributed by atoms with Gasteiger partial charge in [0, 0.05) is 37.9 Å². The van der Waals surface area contributed by atoms with Crippen molar-refractivity contribution in [3.05, 3.63) is 47.4 Å². The highest BCUT2D eigenvalue weighted by atomic mass is 32.1. The summed E-state index contributed by atoms with van der Waals surface area (Å²) in [7, 11) is 0. The van der Waals surface area contributed by atoms with Gasteiger partial charge in [-0.15, -0.1) is 11.3 Å². The summed E-state index contributed by atoms with van der Waals surface area (Å²) in [4.78, 5) is 18.4. The third kappa shape index (κ3) is 2.94. The minimum atomic E-state index is 0.329. The van der Waals surface area contributed by atoms with Gasteiger partial charge in [0.2, 0.25) is 0 Å². The molecular weight excluding hydrogens is 358 g/mol. The standard InChI is InChI=1S/C19H21N7S/c1-13-11-17(26-19(22-13)20-12-21-26)25-9-7-24(8-10-25)14(2)18-23-15-5-3-4-6-16(15)27-18/h3-6,11-12,14H,7-10H2,1-2H3. The Balaban J connectivity index is 1.34. The van der Waals surface area contributed by atoms with Crippen molar-refractivity contribution in [3.63, 3.8) is 0 Å². The fourth-order valence-electron chi connectivity index (χ4n) is 3.70. The van der Waals surface area contributed by atoms with E-state index in [-0.39, 0.29) is 0 Å². The van der Waals surface area contributed by atoms with Crippen LogP contribution in [0.2, 0.25) is 0 Å². The van der Waals surface area contributed by atoms with Crippen LogP contribution >= 0.6 is 11.3 Å². The van der Waals surface area contributed by atoms with Crippen LogP contribution in [0.25, 0.3) is 16.0 Å². The van der Waals surface area contributed by atoms with Crippen LogP contribution in [0.4, 0.5) is 5.82 Å². The number of piperazine rings is 1. The molecule has 0 spiro atoms. The lowest BCUT2D eigenvalue weighted by Gasteiger charge is -2.38. The molecule has 0 N–H and O–H groups in total. The van der Waals surface area contributed by atoms with E-state index in [1.165, 1.54) is 9.71 Å². The third-order valence-electron chi connectivity index (χ3n) is 5.21. The molecule has 3 aromatic heterocycles. The minimum absolute atomic E-state index is 0.329. The molecule has 1 aromatic carbocycles. The van der Waals surface area contributed by atoms with E-state index in [1.807, 2.05) is 11.4 Å². The number of hydrogen-bond acceptors (Lipinski definition) is 7. The monoisotopic (exact) mass is 379 g/mol. The molecule has 27 heavy (non-hydrogen) atoms. The Hall–Kier alpha value is -2.58. The summed E-state index contributed by atoms with van der Waals surface area (Å²) < 4.78 is 3.10. The van der Waals surface area contributed by atoms with E-state index in [0.29, 0.717) is 11.8 Å². The molecule has 1 fully saturated rings. The van der Waals surface area contributed by atoms with E-state index < -0.39 is 0 Å². The number of aryl methyl sites for hydroxylation is 1. The summed E-state index contributed by atoms with van der Waals surface area (Å²) in [5, 5.41) is 5.54. The molecule has 0 aliphatic carbocycles. The maximum absolute atomic E-state index is 4.84. The number of aromatic nitrogens is 5. The fourth-order valence-corrected chi connectivity index (χ4v) is 4.75. The number of benzene rings is 1. The zero-order valence-electron chi connectivity index (χ0n) is 15.4. The Labute approximate surface area is 161 Å². The fraction of sp³-hybridized carbons (Fsp3) is 0.368. The van der Waals surface area contributed by atoms with Crippen LogP contribution < -0.4 is 4.90 Å². The van der Waals surface area contributed by atoms with Crippen molar-refractivity contribution in [2.24, 2.45) is 0 Å². The molecule has 4 heterocycles. The molecule has 5 rings (SSSR count). The van der Waals surface area contributed by atoms with E-state index in [9.17, 15) is 0 Å². The SMILES string of the molecule is Cc1cc(N2CCN(C(C)c3nc4ccccc4s3)CC2)n2ncnc2n1. The average Bonchev–Trinajstić information content (AvgIpc) is 3.33. The van der Waals surface area contributed by atoms with Gasteiger partial charge in [-0.25, -0.2) is 9.97 Å². The summed E-state index contributed by atoms with van der Waals surface area (Å²) in [5.41, 5.74) is 2.07. The highest BCUT2D eigenvalue weighted by molar-refractivity contribution is 7.18. The van der Waals surface area contributed by atoms with Gasteiger partial charge in [0.1, 0.15) is 17.2 Å². The van der Waals surface area contributed by atoms with E-state index in [1.54, 1.807) is 17.7 Å². The van der Waals surface area contributed by atoms with Crippen molar-refractivity contribution in [1.82, 2.24) is 29.5 Å². The third-order valence-corrected chi connectivity index (χ3v) is 6.42. The van der Waals surface area contributed by atoms with Gasteiger partial charge in [-0.3, -0.25) is 4.90 Å². The van der Waals surface area contributed by atoms with Crippen molar-refractivity contribution < 1.29 is 0 Å². The zero-order chi connectivity index (χ0) is 18.4. The maximum Gasteiger partial charge on any atom is 0.254 e. The van der Waals surface area contributed by atoms with Gasteiger partial charge in [-0.05, 0) is 26.0 Å². The molecule has 1 saturated heterocycles. The van der Waals surface area contributed by atoms with Crippen molar-refractivity contribution in [2.45, 2.75) is 19.9 Å². The molecule has 7 nitrogen and oxygen atoms in total. The van der Waals surface area contributed by atoms with Gasteiger partial charge in [0.05, 0.1) is 16.3 Å². The molecule has 1 unspecified atom stereocenters. The van der Waals surface area contributed by atoms with E-state index in [4.69, 9.17) is 4.98 Å². The largest absolute Gasteiger partial charge is 0.354 e.